The van der Waals surface area contributed by atoms with Crippen LogP contribution in [0.5, 0.6) is 0 Å². The van der Waals surface area contributed by atoms with Gasteiger partial charge in [-0.25, -0.2) is 14.9 Å². The molecule has 0 saturated heterocycles. The molecule has 1 amide bonds. The maximum absolute atomic E-state index is 15.7. The lowest BCUT2D eigenvalue weighted by Gasteiger charge is -2.20. The van der Waals surface area contributed by atoms with Crippen LogP contribution in [-0.4, -0.2) is 53.0 Å². The van der Waals surface area contributed by atoms with Crippen molar-refractivity contribution in [1.29, 1.82) is 0 Å². The number of nitrogens with one attached hydrogen (secondary N) is 2. The first kappa shape index (κ1) is 22.8. The van der Waals surface area contributed by atoms with Gasteiger partial charge in [-0.1, -0.05) is 12.2 Å². The van der Waals surface area contributed by atoms with Gasteiger partial charge in [0.05, 0.1) is 35.1 Å². The number of halogens is 2. The molecule has 2 aliphatic carbocycles. The van der Waals surface area contributed by atoms with Gasteiger partial charge < -0.3 is 14.8 Å². The highest BCUT2D eigenvalue weighted by Gasteiger charge is 2.25. The molecule has 32 heavy (non-hydrogen) atoms. The average molecular weight is 462 g/mol. The van der Waals surface area contributed by atoms with Crippen molar-refractivity contribution in [2.75, 3.05) is 32.6 Å². The number of nitrogens with zero attached hydrogens (tertiary/aromatic N) is 3. The van der Waals surface area contributed by atoms with Crippen LogP contribution < -0.4 is 10.8 Å². The summed E-state index contributed by atoms with van der Waals surface area (Å²) in [7, 11) is 3.94. The maximum Gasteiger partial charge on any atom is 0.277 e. The van der Waals surface area contributed by atoms with E-state index in [1.807, 2.05) is 42.6 Å². The number of anilines is 1. The summed E-state index contributed by atoms with van der Waals surface area (Å²) in [6.45, 7) is 3.75. The number of hydrogen-bond acceptors (Lipinski definition) is 5. The van der Waals surface area contributed by atoms with Gasteiger partial charge in [0, 0.05) is 18.8 Å². The molecule has 2 aromatic rings. The zero-order valence-corrected chi connectivity index (χ0v) is 19.4. The number of alkyl halides is 1. The van der Waals surface area contributed by atoms with Crippen LogP contribution in [0.3, 0.4) is 0 Å². The Hall–Kier alpha value is -2.42. The highest BCUT2D eigenvalue weighted by molar-refractivity contribution is 6.22. The second kappa shape index (κ2) is 9.60. The Bertz CT molecular complexity index is 1070. The summed E-state index contributed by atoms with van der Waals surface area (Å²) in [4.78, 5) is 24.7. The molecule has 9 heteroatoms. The van der Waals surface area contributed by atoms with Crippen molar-refractivity contribution in [3.05, 3.63) is 47.2 Å². The Morgan fingerprint density at radius 3 is 2.88 bits per heavy atom. The van der Waals surface area contributed by atoms with E-state index in [-0.39, 0.29) is 22.1 Å². The van der Waals surface area contributed by atoms with Gasteiger partial charge in [-0.3, -0.25) is 9.63 Å². The third-order valence-corrected chi connectivity index (χ3v) is 6.04. The molecule has 1 unspecified atom stereocenters. The summed E-state index contributed by atoms with van der Waals surface area (Å²) in [6.07, 6.45) is 8.27. The van der Waals surface area contributed by atoms with Crippen LogP contribution in [0.4, 0.5) is 10.1 Å². The van der Waals surface area contributed by atoms with E-state index in [2.05, 4.69) is 15.8 Å². The first-order valence-electron chi connectivity index (χ1n) is 10.9. The lowest BCUT2D eigenvalue weighted by Crippen LogP contribution is -2.26. The van der Waals surface area contributed by atoms with Gasteiger partial charge >= 0.3 is 0 Å². The van der Waals surface area contributed by atoms with Crippen LogP contribution in [0.15, 0.2) is 35.8 Å². The van der Waals surface area contributed by atoms with Crippen LogP contribution in [0.2, 0.25) is 0 Å². The third kappa shape index (κ3) is 5.14. The molecular formula is C23H29ClFN5O2. The number of hydrogen-bond donors (Lipinski definition) is 2. The zero-order valence-electron chi connectivity index (χ0n) is 18.6. The van der Waals surface area contributed by atoms with Crippen molar-refractivity contribution in [3.8, 4) is 0 Å². The number of amides is 1. The van der Waals surface area contributed by atoms with Crippen LogP contribution in [0.25, 0.3) is 11.0 Å². The summed E-state index contributed by atoms with van der Waals surface area (Å²) in [6, 6.07) is 1.67. The largest absolute Gasteiger partial charge is 0.352 e. The molecule has 4 rings (SSSR count). The number of carbonyl (C=O) groups is 1. The molecule has 1 heterocycles. The lowest BCUT2D eigenvalue weighted by atomic mass is 10.0. The van der Waals surface area contributed by atoms with Crippen molar-refractivity contribution in [2.45, 2.75) is 38.1 Å². The second-order valence-corrected chi connectivity index (χ2v) is 9.31. The van der Waals surface area contributed by atoms with Gasteiger partial charge in [-0.05, 0) is 57.8 Å². The van der Waals surface area contributed by atoms with E-state index in [1.165, 1.54) is 0 Å². The van der Waals surface area contributed by atoms with Crippen molar-refractivity contribution >= 4 is 34.2 Å². The number of imidazole rings is 1. The quantitative estimate of drug-likeness (QED) is 0.435. The number of benzene rings is 1. The zero-order chi connectivity index (χ0) is 22.8. The molecule has 1 atom stereocenters. The van der Waals surface area contributed by atoms with Crippen molar-refractivity contribution in [2.24, 2.45) is 5.92 Å². The van der Waals surface area contributed by atoms with Gasteiger partial charge in [0.25, 0.3) is 5.91 Å². The van der Waals surface area contributed by atoms with E-state index in [4.69, 9.17) is 16.4 Å². The maximum atomic E-state index is 15.7. The summed E-state index contributed by atoms with van der Waals surface area (Å²) in [5.41, 5.74) is 5.12. The van der Waals surface area contributed by atoms with E-state index < -0.39 is 11.7 Å². The Morgan fingerprint density at radius 2 is 2.19 bits per heavy atom. The number of hydroxylamine groups is 1. The smallest absolute Gasteiger partial charge is 0.277 e. The molecule has 2 N–H and O–H groups in total. The van der Waals surface area contributed by atoms with E-state index in [0.717, 1.165) is 30.7 Å². The van der Waals surface area contributed by atoms with Gasteiger partial charge in [0.2, 0.25) is 0 Å². The molecule has 0 aliphatic heterocycles. The van der Waals surface area contributed by atoms with Crippen molar-refractivity contribution in [3.63, 3.8) is 0 Å². The van der Waals surface area contributed by atoms with Crippen LogP contribution in [0, 0.1) is 11.7 Å². The fourth-order valence-corrected chi connectivity index (χ4v) is 3.89. The van der Waals surface area contributed by atoms with Gasteiger partial charge in [0.15, 0.2) is 5.82 Å². The number of aromatic nitrogens is 2. The highest BCUT2D eigenvalue weighted by atomic mass is 35.5. The van der Waals surface area contributed by atoms with Crippen LogP contribution >= 0.6 is 11.6 Å². The standard InChI is InChI=1S/C23H29ClFN5O2/c1-14-10-16(24)6-7-18(14)27-21-17(23(31)28-32-12-15-4-5-15)11-19-22(20(21)25)26-13-30(19)9-8-29(2)3/h7,10-11,13,15-16,27H,4-6,8-9,12H2,1-3H3,(H,28,31). The molecule has 1 fully saturated rings. The van der Waals surface area contributed by atoms with Crippen molar-refractivity contribution in [1.82, 2.24) is 19.9 Å². The fraction of sp³-hybridized carbons (Fsp3) is 0.478. The van der Waals surface area contributed by atoms with Crippen LogP contribution in [-0.2, 0) is 11.4 Å². The molecule has 7 nitrogen and oxygen atoms in total. The SMILES string of the molecule is CC1=CC(Cl)CC=C1Nc1c(C(=O)NOCC2CC2)cc2c(ncn2CCN(C)C)c1F. The number of rotatable bonds is 9. The Labute approximate surface area is 192 Å². The summed E-state index contributed by atoms with van der Waals surface area (Å²) in [5, 5.41) is 3.02. The average Bonchev–Trinajstić information content (AvgIpc) is 3.47. The van der Waals surface area contributed by atoms with Gasteiger partial charge in [0.1, 0.15) is 5.52 Å². The van der Waals surface area contributed by atoms with E-state index >= 15 is 4.39 Å². The van der Waals surface area contributed by atoms with E-state index in [1.54, 1.807) is 12.4 Å². The van der Waals surface area contributed by atoms with Gasteiger partial charge in [-0.15, -0.1) is 11.6 Å². The second-order valence-electron chi connectivity index (χ2n) is 8.75. The summed E-state index contributed by atoms with van der Waals surface area (Å²) >= 11 is 6.19. The number of allylic oxidation sites excluding steroid dienone is 3. The molecule has 0 bridgehead atoms. The van der Waals surface area contributed by atoms with Crippen LogP contribution in [0.1, 0.15) is 36.5 Å². The normalized spacial score (nSPS) is 18.6. The van der Waals surface area contributed by atoms with Crippen molar-refractivity contribution < 1.29 is 14.0 Å². The Balaban J connectivity index is 1.69. The first-order chi connectivity index (χ1) is 15.3. The van der Waals surface area contributed by atoms with Gasteiger partial charge in [-0.2, -0.15) is 0 Å². The fourth-order valence-electron chi connectivity index (χ4n) is 3.61. The molecule has 1 aromatic carbocycles. The summed E-state index contributed by atoms with van der Waals surface area (Å²) in [5.74, 6) is -0.578. The first-order valence-corrected chi connectivity index (χ1v) is 11.3. The minimum atomic E-state index is -0.569. The van der Waals surface area contributed by atoms with E-state index in [9.17, 15) is 4.79 Å². The van der Waals surface area contributed by atoms with E-state index in [0.29, 0.717) is 31.0 Å². The molecule has 172 valence electrons. The molecule has 2 aliphatic rings. The predicted molar refractivity (Wildman–Crippen MR) is 124 cm³/mol. The monoisotopic (exact) mass is 461 g/mol. The topological polar surface area (TPSA) is 71.4 Å². The molecule has 1 saturated carbocycles. The molecule has 0 radical (unpaired) electrons. The molecule has 0 spiro atoms. The summed E-state index contributed by atoms with van der Waals surface area (Å²) < 4.78 is 17.5. The molecular weight excluding hydrogens is 433 g/mol. The lowest BCUT2D eigenvalue weighted by molar-refractivity contribution is 0.0271. The number of likely N-dealkylation sites (N-methyl/N-ethyl adjacent to an activating group) is 1. The highest BCUT2D eigenvalue weighted by Crippen LogP contribution is 2.32. The molecule has 1 aromatic heterocycles. The Morgan fingerprint density at radius 1 is 1.41 bits per heavy atom. The minimum Gasteiger partial charge on any atom is -0.352 e. The Kier molecular flexibility index (Phi) is 6.83. The minimum absolute atomic E-state index is 0.0786. The number of fused-ring (bicyclic) bond motifs is 1. The third-order valence-electron chi connectivity index (χ3n) is 5.73. The predicted octanol–water partition coefficient (Wildman–Crippen LogP) is 4.06. The number of carbonyl (C=O) groups excluding carboxylic acids is 1.